The van der Waals surface area contributed by atoms with Crippen LogP contribution in [0.2, 0.25) is 0 Å². The lowest BCUT2D eigenvalue weighted by Gasteiger charge is -2.02. The number of nitrogens with zero attached hydrogens (tertiary/aromatic N) is 2. The van der Waals surface area contributed by atoms with Crippen LogP contribution in [0.25, 0.3) is 0 Å². The zero-order valence-electron chi connectivity index (χ0n) is 12.7. The number of nitro benzene ring substituents is 1. The predicted octanol–water partition coefficient (Wildman–Crippen LogP) is 2.32. The lowest BCUT2D eigenvalue weighted by atomic mass is 10.2. The molecule has 0 atom stereocenters. The third-order valence-corrected chi connectivity index (χ3v) is 2.93. The SMILES string of the molecule is CC(=O)Nc1ccc(C=NNC(=O)c2cccc([N+](=O)[O-])c2)cc1. The van der Waals surface area contributed by atoms with Crippen LogP contribution in [0.3, 0.4) is 0 Å². The molecule has 0 saturated carbocycles. The summed E-state index contributed by atoms with van der Waals surface area (Å²) >= 11 is 0. The summed E-state index contributed by atoms with van der Waals surface area (Å²) in [5, 5.41) is 17.1. The normalized spacial score (nSPS) is 10.4. The topological polar surface area (TPSA) is 114 Å². The molecular formula is C16H14N4O4. The number of carbonyl (C=O) groups excluding carboxylic acids is 2. The number of hydrogen-bond acceptors (Lipinski definition) is 5. The van der Waals surface area contributed by atoms with E-state index in [1.807, 2.05) is 0 Å². The van der Waals surface area contributed by atoms with Crippen LogP contribution in [0, 0.1) is 10.1 Å². The minimum atomic E-state index is -0.573. The summed E-state index contributed by atoms with van der Waals surface area (Å²) in [4.78, 5) is 32.9. The summed E-state index contributed by atoms with van der Waals surface area (Å²) in [7, 11) is 0. The number of hydrazone groups is 1. The summed E-state index contributed by atoms with van der Waals surface area (Å²) in [5.74, 6) is -0.717. The molecule has 0 unspecified atom stereocenters. The first-order valence-electron chi connectivity index (χ1n) is 6.91. The molecule has 2 amide bonds. The zero-order chi connectivity index (χ0) is 17.5. The molecule has 2 rings (SSSR count). The number of nitro groups is 1. The number of hydrogen-bond donors (Lipinski definition) is 2. The quantitative estimate of drug-likeness (QED) is 0.498. The van der Waals surface area contributed by atoms with Crippen LogP contribution >= 0.6 is 0 Å². The van der Waals surface area contributed by atoms with Gasteiger partial charge in [-0.2, -0.15) is 5.10 Å². The van der Waals surface area contributed by atoms with Crippen molar-refractivity contribution in [3.63, 3.8) is 0 Å². The Kier molecular flexibility index (Phi) is 5.35. The molecule has 0 aromatic heterocycles. The van der Waals surface area contributed by atoms with Gasteiger partial charge in [-0.1, -0.05) is 18.2 Å². The molecule has 0 aliphatic rings. The summed E-state index contributed by atoms with van der Waals surface area (Å²) < 4.78 is 0. The molecular weight excluding hydrogens is 312 g/mol. The Morgan fingerprint density at radius 3 is 2.50 bits per heavy atom. The number of non-ortho nitro benzene ring substituents is 1. The summed E-state index contributed by atoms with van der Waals surface area (Å²) in [6, 6.07) is 12.2. The average molecular weight is 326 g/mol. The maximum Gasteiger partial charge on any atom is 0.271 e. The van der Waals surface area contributed by atoms with E-state index in [0.717, 1.165) is 0 Å². The fourth-order valence-corrected chi connectivity index (χ4v) is 1.85. The third-order valence-electron chi connectivity index (χ3n) is 2.93. The van der Waals surface area contributed by atoms with Crippen LogP contribution in [-0.2, 0) is 4.79 Å². The van der Waals surface area contributed by atoms with Gasteiger partial charge in [0.1, 0.15) is 0 Å². The standard InChI is InChI=1S/C16H14N4O4/c1-11(21)18-14-7-5-12(6-8-14)10-17-19-16(22)13-3-2-4-15(9-13)20(23)24/h2-10H,1H3,(H,18,21)(H,19,22). The lowest BCUT2D eigenvalue weighted by Crippen LogP contribution is -2.17. The number of amides is 2. The van der Waals surface area contributed by atoms with Crippen LogP contribution in [0.15, 0.2) is 53.6 Å². The Balaban J connectivity index is 1.98. The third kappa shape index (κ3) is 4.73. The monoisotopic (exact) mass is 326 g/mol. The molecule has 0 bridgehead atoms. The molecule has 122 valence electrons. The van der Waals surface area contributed by atoms with Crippen molar-refractivity contribution in [2.75, 3.05) is 5.32 Å². The largest absolute Gasteiger partial charge is 0.326 e. The lowest BCUT2D eigenvalue weighted by molar-refractivity contribution is -0.384. The van der Waals surface area contributed by atoms with E-state index in [2.05, 4.69) is 15.8 Å². The van der Waals surface area contributed by atoms with Crippen LogP contribution < -0.4 is 10.7 Å². The first kappa shape index (κ1) is 16.8. The smallest absolute Gasteiger partial charge is 0.271 e. The Morgan fingerprint density at radius 1 is 1.17 bits per heavy atom. The Bertz CT molecular complexity index is 800. The van der Waals surface area contributed by atoms with E-state index in [1.165, 1.54) is 37.4 Å². The van der Waals surface area contributed by atoms with Crippen molar-refractivity contribution in [3.05, 3.63) is 69.8 Å². The second-order valence-corrected chi connectivity index (χ2v) is 4.81. The van der Waals surface area contributed by atoms with Crippen molar-refractivity contribution in [1.82, 2.24) is 5.43 Å². The van der Waals surface area contributed by atoms with E-state index >= 15 is 0 Å². The summed E-state index contributed by atoms with van der Waals surface area (Å²) in [5.41, 5.74) is 3.64. The molecule has 0 radical (unpaired) electrons. The van der Waals surface area contributed by atoms with Crippen molar-refractivity contribution in [2.45, 2.75) is 6.92 Å². The minimum absolute atomic E-state index is 0.141. The second-order valence-electron chi connectivity index (χ2n) is 4.81. The highest BCUT2D eigenvalue weighted by Gasteiger charge is 2.10. The maximum absolute atomic E-state index is 11.9. The van der Waals surface area contributed by atoms with Crippen LogP contribution in [0.5, 0.6) is 0 Å². The van der Waals surface area contributed by atoms with E-state index in [9.17, 15) is 19.7 Å². The highest BCUT2D eigenvalue weighted by Crippen LogP contribution is 2.13. The summed E-state index contributed by atoms with van der Waals surface area (Å²) in [6.45, 7) is 1.42. The molecule has 0 fully saturated rings. The van der Waals surface area contributed by atoms with Gasteiger partial charge < -0.3 is 5.32 Å². The number of anilines is 1. The van der Waals surface area contributed by atoms with Gasteiger partial charge in [0.05, 0.1) is 11.1 Å². The van der Waals surface area contributed by atoms with E-state index < -0.39 is 10.8 Å². The molecule has 0 saturated heterocycles. The van der Waals surface area contributed by atoms with E-state index in [0.29, 0.717) is 11.3 Å². The van der Waals surface area contributed by atoms with Gasteiger partial charge in [0.2, 0.25) is 5.91 Å². The first-order chi connectivity index (χ1) is 11.5. The predicted molar refractivity (Wildman–Crippen MR) is 88.9 cm³/mol. The van der Waals surface area contributed by atoms with E-state index in [1.54, 1.807) is 24.3 Å². The van der Waals surface area contributed by atoms with Crippen molar-refractivity contribution in [3.8, 4) is 0 Å². The molecule has 24 heavy (non-hydrogen) atoms. The molecule has 0 aliphatic carbocycles. The maximum atomic E-state index is 11.9. The highest BCUT2D eigenvalue weighted by atomic mass is 16.6. The molecule has 8 nitrogen and oxygen atoms in total. The number of carbonyl (C=O) groups is 2. The van der Waals surface area contributed by atoms with Gasteiger partial charge in [0.25, 0.3) is 11.6 Å². The van der Waals surface area contributed by atoms with Crippen LogP contribution in [-0.4, -0.2) is 23.0 Å². The fraction of sp³-hybridized carbons (Fsp3) is 0.0625. The molecule has 2 N–H and O–H groups in total. The molecule has 8 heteroatoms. The Hall–Kier alpha value is -3.55. The second kappa shape index (κ2) is 7.63. The van der Waals surface area contributed by atoms with Gasteiger partial charge in [0, 0.05) is 30.3 Å². The molecule has 0 heterocycles. The van der Waals surface area contributed by atoms with E-state index in [-0.39, 0.29) is 17.2 Å². The fourth-order valence-electron chi connectivity index (χ4n) is 1.85. The Labute approximate surface area is 137 Å². The van der Waals surface area contributed by atoms with Crippen molar-refractivity contribution in [2.24, 2.45) is 5.10 Å². The van der Waals surface area contributed by atoms with Gasteiger partial charge in [-0.25, -0.2) is 5.43 Å². The van der Waals surface area contributed by atoms with Gasteiger partial charge in [-0.3, -0.25) is 19.7 Å². The van der Waals surface area contributed by atoms with Crippen LogP contribution in [0.4, 0.5) is 11.4 Å². The number of benzene rings is 2. The van der Waals surface area contributed by atoms with Gasteiger partial charge >= 0.3 is 0 Å². The first-order valence-corrected chi connectivity index (χ1v) is 6.91. The van der Waals surface area contributed by atoms with Crippen molar-refractivity contribution < 1.29 is 14.5 Å². The Morgan fingerprint density at radius 2 is 1.88 bits per heavy atom. The summed E-state index contributed by atoms with van der Waals surface area (Å²) in [6.07, 6.45) is 1.42. The zero-order valence-corrected chi connectivity index (χ0v) is 12.7. The number of nitrogens with one attached hydrogen (secondary N) is 2. The van der Waals surface area contributed by atoms with Gasteiger partial charge in [-0.15, -0.1) is 0 Å². The number of rotatable bonds is 5. The molecule has 2 aromatic carbocycles. The minimum Gasteiger partial charge on any atom is -0.326 e. The average Bonchev–Trinajstić information content (AvgIpc) is 2.56. The molecule has 0 aliphatic heterocycles. The van der Waals surface area contributed by atoms with Gasteiger partial charge in [-0.05, 0) is 23.8 Å². The van der Waals surface area contributed by atoms with Crippen molar-refractivity contribution in [1.29, 1.82) is 0 Å². The molecule has 2 aromatic rings. The van der Waals surface area contributed by atoms with Gasteiger partial charge in [0.15, 0.2) is 0 Å². The van der Waals surface area contributed by atoms with E-state index in [4.69, 9.17) is 0 Å². The highest BCUT2D eigenvalue weighted by molar-refractivity contribution is 5.95. The van der Waals surface area contributed by atoms with Crippen LogP contribution in [0.1, 0.15) is 22.8 Å². The molecule has 0 spiro atoms. The van der Waals surface area contributed by atoms with Crippen molar-refractivity contribution >= 4 is 29.4 Å².